The van der Waals surface area contributed by atoms with Crippen LogP contribution in [-0.4, -0.2) is 22.4 Å². The molecule has 88 valence electrons. The van der Waals surface area contributed by atoms with E-state index >= 15 is 0 Å². The van der Waals surface area contributed by atoms with E-state index < -0.39 is 18.0 Å². The van der Waals surface area contributed by atoms with Gasteiger partial charge in [0, 0.05) is 12.4 Å². The predicted octanol–water partition coefficient (Wildman–Crippen LogP) is 1.33. The van der Waals surface area contributed by atoms with Crippen molar-refractivity contribution in [1.29, 1.82) is 0 Å². The molecule has 0 radical (unpaired) electrons. The van der Waals surface area contributed by atoms with Crippen LogP contribution in [0.1, 0.15) is 18.7 Å². The molecule has 0 spiro atoms. The molecular formula is C9H10F3N3O. The Balaban J connectivity index is 1.96. The lowest BCUT2D eigenvalue weighted by molar-refractivity contribution is -0.355. The van der Waals surface area contributed by atoms with Crippen molar-refractivity contribution in [2.75, 3.05) is 0 Å². The zero-order valence-electron chi connectivity index (χ0n) is 8.24. The Morgan fingerprint density at radius 3 is 2.38 bits per heavy atom. The number of hydrogen-bond donors (Lipinski definition) is 1. The first-order chi connectivity index (χ1) is 7.39. The highest BCUT2D eigenvalue weighted by molar-refractivity contribution is 5.12. The molecule has 0 aliphatic heterocycles. The van der Waals surface area contributed by atoms with Crippen LogP contribution < -0.4 is 5.73 Å². The number of ether oxygens (including phenoxy) is 1. The highest BCUT2D eigenvalue weighted by Crippen LogP contribution is 2.41. The predicted molar refractivity (Wildman–Crippen MR) is 48.1 cm³/mol. The third-order valence-electron chi connectivity index (χ3n) is 2.50. The molecule has 0 bridgehead atoms. The second-order valence-electron chi connectivity index (χ2n) is 3.82. The lowest BCUT2D eigenvalue weighted by atomic mass is 9.74. The Labute approximate surface area is 89.6 Å². The summed E-state index contributed by atoms with van der Waals surface area (Å²) in [7, 11) is 0. The van der Waals surface area contributed by atoms with Gasteiger partial charge in [0.25, 0.3) is 0 Å². The quantitative estimate of drug-likeness (QED) is 0.837. The van der Waals surface area contributed by atoms with Gasteiger partial charge in [-0.25, -0.2) is 9.97 Å². The molecule has 7 heteroatoms. The molecular weight excluding hydrogens is 223 g/mol. The average molecular weight is 233 g/mol. The van der Waals surface area contributed by atoms with E-state index in [0.717, 1.165) is 0 Å². The number of alkyl halides is 3. The van der Waals surface area contributed by atoms with Crippen molar-refractivity contribution < 1.29 is 17.9 Å². The van der Waals surface area contributed by atoms with Gasteiger partial charge < -0.3 is 5.73 Å². The van der Waals surface area contributed by atoms with E-state index in [0.29, 0.717) is 5.82 Å². The number of aromatic nitrogens is 2. The fourth-order valence-electron chi connectivity index (χ4n) is 1.76. The van der Waals surface area contributed by atoms with Crippen LogP contribution in [0, 0.1) is 0 Å². The molecule has 1 saturated carbocycles. The van der Waals surface area contributed by atoms with Crippen molar-refractivity contribution in [3.63, 3.8) is 0 Å². The molecule has 1 aromatic heterocycles. The number of rotatable bonds is 2. The highest BCUT2D eigenvalue weighted by Gasteiger charge is 2.49. The molecule has 0 amide bonds. The Hall–Kier alpha value is -1.21. The molecule has 2 rings (SSSR count). The lowest BCUT2D eigenvalue weighted by Gasteiger charge is -2.42. The van der Waals surface area contributed by atoms with Crippen LogP contribution in [0.4, 0.5) is 13.2 Å². The monoisotopic (exact) mass is 233 g/mol. The van der Waals surface area contributed by atoms with Gasteiger partial charge in [0.2, 0.25) is 0 Å². The summed E-state index contributed by atoms with van der Waals surface area (Å²) in [6.07, 6.45) is -2.32. The van der Waals surface area contributed by atoms with Crippen molar-refractivity contribution >= 4 is 0 Å². The normalized spacial score (nSPS) is 29.9. The van der Waals surface area contributed by atoms with Crippen LogP contribution in [0.2, 0.25) is 0 Å². The highest BCUT2D eigenvalue weighted by atomic mass is 19.4. The molecule has 1 aliphatic rings. The van der Waals surface area contributed by atoms with Crippen LogP contribution in [0.3, 0.4) is 0 Å². The molecule has 2 N–H and O–H groups in total. The van der Waals surface area contributed by atoms with Crippen molar-refractivity contribution in [3.05, 3.63) is 24.3 Å². The Bertz CT molecular complexity index is 362. The summed E-state index contributed by atoms with van der Waals surface area (Å²) in [5.74, 6) is 0.358. The SMILES string of the molecule is NC1(c2ncccn2)CC(OC(F)(F)F)C1. The number of halogens is 3. The largest absolute Gasteiger partial charge is 0.522 e. The molecule has 16 heavy (non-hydrogen) atoms. The van der Waals surface area contributed by atoms with E-state index in [1.54, 1.807) is 6.07 Å². The zero-order chi connectivity index (χ0) is 11.8. The lowest BCUT2D eigenvalue weighted by Crippen LogP contribution is -2.54. The molecule has 4 nitrogen and oxygen atoms in total. The first-order valence-corrected chi connectivity index (χ1v) is 4.70. The summed E-state index contributed by atoms with van der Waals surface area (Å²) in [5.41, 5.74) is 4.97. The second kappa shape index (κ2) is 3.67. The van der Waals surface area contributed by atoms with Gasteiger partial charge in [0.15, 0.2) is 0 Å². The van der Waals surface area contributed by atoms with E-state index in [1.165, 1.54) is 12.4 Å². The maximum absolute atomic E-state index is 11.9. The molecule has 0 saturated heterocycles. The summed E-state index contributed by atoms with van der Waals surface area (Å²) >= 11 is 0. The molecule has 0 atom stereocenters. The van der Waals surface area contributed by atoms with Gasteiger partial charge in [0.1, 0.15) is 5.82 Å². The summed E-state index contributed by atoms with van der Waals surface area (Å²) in [6.45, 7) is 0. The summed E-state index contributed by atoms with van der Waals surface area (Å²) in [6, 6.07) is 1.62. The molecule has 1 aromatic rings. The summed E-state index contributed by atoms with van der Waals surface area (Å²) < 4.78 is 39.5. The Kier molecular flexibility index (Phi) is 2.59. The fourth-order valence-corrected chi connectivity index (χ4v) is 1.76. The molecule has 0 unspecified atom stereocenters. The van der Waals surface area contributed by atoms with Gasteiger partial charge in [-0.3, -0.25) is 4.74 Å². The molecule has 1 fully saturated rings. The molecule has 0 aromatic carbocycles. The zero-order valence-corrected chi connectivity index (χ0v) is 8.24. The van der Waals surface area contributed by atoms with Crippen LogP contribution in [0.25, 0.3) is 0 Å². The topological polar surface area (TPSA) is 61.0 Å². The minimum atomic E-state index is -4.61. The Morgan fingerprint density at radius 2 is 1.88 bits per heavy atom. The van der Waals surface area contributed by atoms with Gasteiger partial charge in [-0.15, -0.1) is 13.2 Å². The third kappa shape index (κ3) is 2.30. The second-order valence-corrected chi connectivity index (χ2v) is 3.82. The first-order valence-electron chi connectivity index (χ1n) is 4.70. The van der Waals surface area contributed by atoms with E-state index in [9.17, 15) is 13.2 Å². The smallest absolute Gasteiger partial charge is 0.319 e. The minimum Gasteiger partial charge on any atom is -0.319 e. The minimum absolute atomic E-state index is 0.0799. The maximum atomic E-state index is 11.9. The van der Waals surface area contributed by atoms with Gasteiger partial charge in [-0.2, -0.15) is 0 Å². The van der Waals surface area contributed by atoms with Crippen molar-refractivity contribution in [3.8, 4) is 0 Å². The van der Waals surface area contributed by atoms with E-state index in [4.69, 9.17) is 5.73 Å². The van der Waals surface area contributed by atoms with Crippen molar-refractivity contribution in [2.24, 2.45) is 5.73 Å². The van der Waals surface area contributed by atoms with Gasteiger partial charge >= 0.3 is 6.36 Å². The number of nitrogens with zero attached hydrogens (tertiary/aromatic N) is 2. The van der Waals surface area contributed by atoms with E-state index in [2.05, 4.69) is 14.7 Å². The molecule has 1 heterocycles. The summed E-state index contributed by atoms with van der Waals surface area (Å²) in [4.78, 5) is 7.86. The summed E-state index contributed by atoms with van der Waals surface area (Å²) in [5, 5.41) is 0. The Morgan fingerprint density at radius 1 is 1.31 bits per heavy atom. The van der Waals surface area contributed by atoms with Crippen molar-refractivity contribution in [1.82, 2.24) is 9.97 Å². The molecule has 1 aliphatic carbocycles. The first kappa shape index (κ1) is 11.3. The van der Waals surface area contributed by atoms with E-state index in [1.807, 2.05) is 0 Å². The number of hydrogen-bond acceptors (Lipinski definition) is 4. The van der Waals surface area contributed by atoms with Crippen molar-refractivity contribution in [2.45, 2.75) is 30.8 Å². The standard InChI is InChI=1S/C9H10F3N3O/c10-9(11,12)16-6-4-8(13,5-6)7-14-2-1-3-15-7/h1-3,6H,4-5,13H2. The average Bonchev–Trinajstić information content (AvgIpc) is 2.14. The van der Waals surface area contributed by atoms with Crippen LogP contribution in [-0.2, 0) is 10.3 Å². The van der Waals surface area contributed by atoms with Crippen LogP contribution in [0.5, 0.6) is 0 Å². The van der Waals surface area contributed by atoms with Crippen LogP contribution >= 0.6 is 0 Å². The maximum Gasteiger partial charge on any atom is 0.522 e. The fraction of sp³-hybridized carbons (Fsp3) is 0.556. The van der Waals surface area contributed by atoms with Gasteiger partial charge in [-0.05, 0) is 18.9 Å². The van der Waals surface area contributed by atoms with Crippen LogP contribution in [0.15, 0.2) is 18.5 Å². The van der Waals surface area contributed by atoms with E-state index in [-0.39, 0.29) is 12.8 Å². The van der Waals surface area contributed by atoms with Gasteiger partial charge in [0.05, 0.1) is 11.6 Å². The van der Waals surface area contributed by atoms with Gasteiger partial charge in [-0.1, -0.05) is 0 Å². The number of nitrogens with two attached hydrogens (primary N) is 1. The third-order valence-corrected chi connectivity index (χ3v) is 2.50.